The summed E-state index contributed by atoms with van der Waals surface area (Å²) in [5.41, 5.74) is 9.33. The predicted molar refractivity (Wildman–Crippen MR) is 126 cm³/mol. The smallest absolute Gasteiger partial charge is 0.191 e. The summed E-state index contributed by atoms with van der Waals surface area (Å²) in [6, 6.07) is 16.9. The van der Waals surface area contributed by atoms with Gasteiger partial charge in [0, 0.05) is 37.2 Å². The van der Waals surface area contributed by atoms with Crippen molar-refractivity contribution >= 4 is 5.96 Å². The van der Waals surface area contributed by atoms with Crippen LogP contribution in [0.5, 0.6) is 0 Å². The van der Waals surface area contributed by atoms with E-state index in [2.05, 4.69) is 15.0 Å². The van der Waals surface area contributed by atoms with Crippen molar-refractivity contribution in [1.82, 2.24) is 10.1 Å². The maximum atomic E-state index is 14.8. The van der Waals surface area contributed by atoms with E-state index in [9.17, 15) is 4.39 Å². The number of nitrogens with zero attached hydrogens (tertiary/aromatic N) is 3. The lowest BCUT2D eigenvalue weighted by Crippen LogP contribution is -2.40. The molecule has 3 aromatic rings. The summed E-state index contributed by atoms with van der Waals surface area (Å²) < 4.78 is 20.3. The average Bonchev–Trinajstić information content (AvgIpc) is 3.31. The Morgan fingerprint density at radius 1 is 1.12 bits per heavy atom. The molecule has 0 spiro atoms. The van der Waals surface area contributed by atoms with Crippen molar-refractivity contribution in [3.05, 3.63) is 77.4 Å². The first kappa shape index (κ1) is 22.1. The zero-order chi connectivity index (χ0) is 22.3. The van der Waals surface area contributed by atoms with Crippen molar-refractivity contribution in [2.75, 3.05) is 19.6 Å². The van der Waals surface area contributed by atoms with Crippen molar-refractivity contribution in [3.8, 4) is 11.1 Å². The van der Waals surface area contributed by atoms with Gasteiger partial charge in [-0.05, 0) is 49.3 Å². The third kappa shape index (κ3) is 5.36. The molecule has 0 radical (unpaired) electrons. The molecular formula is C26H31FN4O. The van der Waals surface area contributed by atoms with E-state index in [1.807, 2.05) is 55.5 Å². The molecule has 1 aliphatic rings. The van der Waals surface area contributed by atoms with Crippen molar-refractivity contribution in [2.24, 2.45) is 10.7 Å². The molecule has 1 aliphatic heterocycles. The first-order valence-corrected chi connectivity index (χ1v) is 11.5. The zero-order valence-corrected chi connectivity index (χ0v) is 18.6. The number of hydrogen-bond donors (Lipinski definition) is 1. The molecule has 168 valence electrons. The van der Waals surface area contributed by atoms with Gasteiger partial charge in [0.1, 0.15) is 11.6 Å². The van der Waals surface area contributed by atoms with Crippen LogP contribution in [0.4, 0.5) is 4.39 Å². The van der Waals surface area contributed by atoms with E-state index in [-0.39, 0.29) is 11.7 Å². The lowest BCUT2D eigenvalue weighted by Gasteiger charge is -2.27. The Morgan fingerprint density at radius 2 is 1.91 bits per heavy atom. The quantitative estimate of drug-likeness (QED) is 0.309. The number of nitrogens with two attached hydrogens (primary N) is 1. The SMILES string of the molecule is CC(c1ccc(-c2ccccc2)c(F)c1)c1cc(CCC/N=C(\N)N2CCCCC2)no1. The third-order valence-electron chi connectivity index (χ3n) is 6.13. The minimum absolute atomic E-state index is 0.0802. The van der Waals surface area contributed by atoms with Crippen molar-refractivity contribution in [2.45, 2.75) is 44.9 Å². The Morgan fingerprint density at radius 3 is 2.66 bits per heavy atom. The molecule has 1 fully saturated rings. The minimum Gasteiger partial charge on any atom is -0.370 e. The fraction of sp³-hybridized carbons (Fsp3) is 0.385. The van der Waals surface area contributed by atoms with Gasteiger partial charge in [-0.15, -0.1) is 0 Å². The van der Waals surface area contributed by atoms with E-state index < -0.39 is 0 Å². The molecule has 1 unspecified atom stereocenters. The second-order valence-electron chi connectivity index (χ2n) is 8.44. The highest BCUT2D eigenvalue weighted by Crippen LogP contribution is 2.30. The molecule has 0 amide bonds. The van der Waals surface area contributed by atoms with Crippen LogP contribution < -0.4 is 5.73 Å². The fourth-order valence-corrected chi connectivity index (χ4v) is 4.14. The van der Waals surface area contributed by atoms with Gasteiger partial charge in [-0.1, -0.05) is 54.5 Å². The largest absolute Gasteiger partial charge is 0.370 e. The van der Waals surface area contributed by atoms with Gasteiger partial charge in [0.25, 0.3) is 0 Å². The number of likely N-dealkylation sites (tertiary alicyclic amines) is 1. The zero-order valence-electron chi connectivity index (χ0n) is 18.6. The highest BCUT2D eigenvalue weighted by atomic mass is 19.1. The van der Waals surface area contributed by atoms with Gasteiger partial charge < -0.3 is 15.2 Å². The minimum atomic E-state index is -0.232. The van der Waals surface area contributed by atoms with Crippen LogP contribution in [-0.2, 0) is 6.42 Å². The maximum absolute atomic E-state index is 14.8. The molecule has 0 saturated carbocycles. The number of aromatic nitrogens is 1. The van der Waals surface area contributed by atoms with Gasteiger partial charge in [-0.25, -0.2) is 4.39 Å². The molecular weight excluding hydrogens is 403 g/mol. The number of hydrogen-bond acceptors (Lipinski definition) is 3. The van der Waals surface area contributed by atoms with Crippen LogP contribution in [0.15, 0.2) is 64.1 Å². The van der Waals surface area contributed by atoms with Gasteiger partial charge in [-0.2, -0.15) is 0 Å². The molecule has 2 N–H and O–H groups in total. The number of benzene rings is 2. The summed E-state index contributed by atoms with van der Waals surface area (Å²) in [6.07, 6.45) is 5.29. The highest BCUT2D eigenvalue weighted by molar-refractivity contribution is 5.78. The Kier molecular flexibility index (Phi) is 7.20. The van der Waals surface area contributed by atoms with Crippen LogP contribution in [-0.4, -0.2) is 35.7 Å². The molecule has 0 aliphatic carbocycles. The summed E-state index contributed by atoms with van der Waals surface area (Å²) in [6.45, 7) is 4.69. The van der Waals surface area contributed by atoms with Gasteiger partial charge >= 0.3 is 0 Å². The summed E-state index contributed by atoms with van der Waals surface area (Å²) in [4.78, 5) is 6.68. The molecule has 4 rings (SSSR count). The van der Waals surface area contributed by atoms with Crippen LogP contribution in [0.25, 0.3) is 11.1 Å². The van der Waals surface area contributed by atoms with Gasteiger partial charge in [0.05, 0.1) is 5.69 Å². The van der Waals surface area contributed by atoms with Gasteiger partial charge in [0.2, 0.25) is 0 Å². The first-order valence-electron chi connectivity index (χ1n) is 11.5. The standard InChI is InChI=1S/C26H31FN4O/c1-19(21-12-13-23(24(27)17-21)20-9-4-2-5-10-20)25-18-22(30-32-25)11-8-14-29-26(28)31-15-6-3-7-16-31/h2,4-5,9-10,12-13,17-19H,3,6-8,11,14-16H2,1H3,(H2,28,29). The van der Waals surface area contributed by atoms with Crippen molar-refractivity contribution < 1.29 is 8.91 Å². The molecule has 0 bridgehead atoms. The van der Waals surface area contributed by atoms with E-state index in [4.69, 9.17) is 10.3 Å². The Labute approximate surface area is 189 Å². The van der Waals surface area contributed by atoms with E-state index in [1.54, 1.807) is 6.07 Å². The normalized spacial score (nSPS) is 15.7. The number of aliphatic imine (C=N–C) groups is 1. The Balaban J connectivity index is 1.33. The van der Waals surface area contributed by atoms with E-state index in [0.717, 1.165) is 48.5 Å². The molecule has 32 heavy (non-hydrogen) atoms. The molecule has 5 nitrogen and oxygen atoms in total. The summed E-state index contributed by atoms with van der Waals surface area (Å²) in [7, 11) is 0. The average molecular weight is 435 g/mol. The van der Waals surface area contributed by atoms with E-state index in [0.29, 0.717) is 18.1 Å². The topological polar surface area (TPSA) is 67.7 Å². The molecule has 6 heteroatoms. The molecule has 2 aromatic carbocycles. The monoisotopic (exact) mass is 434 g/mol. The van der Waals surface area contributed by atoms with Gasteiger partial charge in [0.15, 0.2) is 5.96 Å². The Hall–Kier alpha value is -3.15. The molecule has 1 saturated heterocycles. The van der Waals surface area contributed by atoms with E-state index >= 15 is 0 Å². The maximum Gasteiger partial charge on any atom is 0.191 e. The second-order valence-corrected chi connectivity index (χ2v) is 8.44. The summed E-state index contributed by atoms with van der Waals surface area (Å²) in [5, 5.41) is 4.20. The fourth-order valence-electron chi connectivity index (χ4n) is 4.14. The number of aryl methyl sites for hydroxylation is 1. The molecule has 1 atom stereocenters. The lowest BCUT2D eigenvalue weighted by atomic mass is 9.95. The van der Waals surface area contributed by atoms with Gasteiger partial charge in [-0.3, -0.25) is 4.99 Å². The molecule has 2 heterocycles. The van der Waals surface area contributed by atoms with Crippen molar-refractivity contribution in [3.63, 3.8) is 0 Å². The summed E-state index contributed by atoms with van der Waals surface area (Å²) in [5.74, 6) is 1.08. The van der Waals surface area contributed by atoms with Crippen LogP contribution in [0, 0.1) is 5.82 Å². The van der Waals surface area contributed by atoms with Crippen LogP contribution in [0.1, 0.15) is 55.5 Å². The van der Waals surface area contributed by atoms with Crippen LogP contribution >= 0.6 is 0 Å². The first-order chi connectivity index (χ1) is 15.6. The van der Waals surface area contributed by atoms with Crippen LogP contribution in [0.2, 0.25) is 0 Å². The van der Waals surface area contributed by atoms with Crippen molar-refractivity contribution in [1.29, 1.82) is 0 Å². The number of halogens is 1. The second kappa shape index (κ2) is 10.4. The highest BCUT2D eigenvalue weighted by Gasteiger charge is 2.17. The molecule has 1 aromatic heterocycles. The Bertz CT molecular complexity index is 1040. The third-order valence-corrected chi connectivity index (χ3v) is 6.13. The summed E-state index contributed by atoms with van der Waals surface area (Å²) >= 11 is 0. The van der Waals surface area contributed by atoms with E-state index in [1.165, 1.54) is 19.3 Å². The lowest BCUT2D eigenvalue weighted by molar-refractivity contribution is 0.338. The number of rotatable bonds is 7. The van der Waals surface area contributed by atoms with Crippen LogP contribution in [0.3, 0.4) is 0 Å². The number of piperidine rings is 1. The predicted octanol–water partition coefficient (Wildman–Crippen LogP) is 5.37. The number of guanidine groups is 1.